The van der Waals surface area contributed by atoms with Crippen LogP contribution in [0.3, 0.4) is 0 Å². The molecule has 21 heavy (non-hydrogen) atoms. The molecule has 2 aromatic rings. The first-order valence-corrected chi connectivity index (χ1v) is 8.73. The Balaban J connectivity index is 0.00000106. The number of hydrogen-bond donors (Lipinski definition) is 3. The van der Waals surface area contributed by atoms with Gasteiger partial charge >= 0.3 is 10.3 Å². The van der Waals surface area contributed by atoms with Crippen molar-refractivity contribution in [3.63, 3.8) is 0 Å². The second-order valence-electron chi connectivity index (χ2n) is 3.53. The summed E-state index contributed by atoms with van der Waals surface area (Å²) in [4.78, 5) is -0.964. The standard InChI is InChI=1S/C8H6ClNO7S2.C2H6/c9-7-4-1-2-10(19(15,16)17)5(4)3-6(8(7)11)18(12,13)14;1-2/h1-3,11H,(H,12,13,14)(H,15,16,17);1-2H3. The number of aromatic nitrogens is 1. The number of nitrogens with zero attached hydrogens (tertiary/aromatic N) is 1. The van der Waals surface area contributed by atoms with Crippen LogP contribution in [-0.2, 0) is 20.4 Å². The molecule has 0 bridgehead atoms. The third-order valence-corrected chi connectivity index (χ3v) is 4.43. The van der Waals surface area contributed by atoms with Crippen LogP contribution in [-0.4, -0.2) is 35.0 Å². The highest BCUT2D eigenvalue weighted by atomic mass is 35.5. The number of fused-ring (bicyclic) bond motifs is 1. The molecular weight excluding hydrogens is 346 g/mol. The van der Waals surface area contributed by atoms with Gasteiger partial charge in [-0.25, -0.2) is 3.97 Å². The van der Waals surface area contributed by atoms with Crippen molar-refractivity contribution in [2.24, 2.45) is 0 Å². The number of benzene rings is 1. The molecule has 11 heteroatoms. The van der Waals surface area contributed by atoms with E-state index in [-0.39, 0.29) is 10.9 Å². The number of phenols is 1. The number of rotatable bonds is 2. The van der Waals surface area contributed by atoms with Crippen molar-refractivity contribution < 1.29 is 31.0 Å². The molecule has 1 aromatic carbocycles. The van der Waals surface area contributed by atoms with E-state index in [0.29, 0.717) is 10.0 Å². The maximum atomic E-state index is 11.1. The second kappa shape index (κ2) is 5.81. The smallest absolute Gasteiger partial charge is 0.363 e. The Morgan fingerprint density at radius 2 is 1.67 bits per heavy atom. The van der Waals surface area contributed by atoms with Crippen LogP contribution in [0.5, 0.6) is 5.75 Å². The van der Waals surface area contributed by atoms with Crippen LogP contribution in [0.2, 0.25) is 5.02 Å². The minimum atomic E-state index is -4.81. The fourth-order valence-corrected chi connectivity index (χ4v) is 3.12. The first-order valence-electron chi connectivity index (χ1n) is 5.51. The highest BCUT2D eigenvalue weighted by molar-refractivity contribution is 7.86. The molecule has 0 aliphatic heterocycles. The quantitative estimate of drug-likeness (QED) is 0.699. The molecule has 0 saturated heterocycles. The van der Waals surface area contributed by atoms with Gasteiger partial charge in [-0.1, -0.05) is 25.4 Å². The first-order chi connectivity index (χ1) is 9.53. The Morgan fingerprint density at radius 1 is 1.14 bits per heavy atom. The Morgan fingerprint density at radius 3 is 2.10 bits per heavy atom. The van der Waals surface area contributed by atoms with E-state index < -0.39 is 36.1 Å². The van der Waals surface area contributed by atoms with Gasteiger partial charge in [0.25, 0.3) is 10.1 Å². The summed E-state index contributed by atoms with van der Waals surface area (Å²) in [5.41, 5.74) is -0.307. The van der Waals surface area contributed by atoms with E-state index in [1.54, 1.807) is 0 Å². The lowest BCUT2D eigenvalue weighted by atomic mass is 10.2. The average molecular weight is 358 g/mol. The van der Waals surface area contributed by atoms with E-state index >= 15 is 0 Å². The molecule has 0 atom stereocenters. The summed E-state index contributed by atoms with van der Waals surface area (Å²) in [7, 11) is -9.49. The maximum Gasteiger partial charge on any atom is 0.363 e. The molecule has 0 radical (unpaired) electrons. The molecule has 0 aliphatic carbocycles. The lowest BCUT2D eigenvalue weighted by molar-refractivity contribution is 0.444. The highest BCUT2D eigenvalue weighted by Gasteiger charge is 2.24. The molecule has 0 fully saturated rings. The van der Waals surface area contributed by atoms with Gasteiger partial charge in [0.2, 0.25) is 0 Å². The van der Waals surface area contributed by atoms with E-state index in [1.807, 2.05) is 13.8 Å². The van der Waals surface area contributed by atoms with E-state index in [4.69, 9.17) is 20.7 Å². The van der Waals surface area contributed by atoms with Crippen LogP contribution >= 0.6 is 11.6 Å². The van der Waals surface area contributed by atoms with Crippen LogP contribution in [0.1, 0.15) is 13.8 Å². The van der Waals surface area contributed by atoms with Crippen LogP contribution in [0, 0.1) is 0 Å². The number of halogens is 1. The van der Waals surface area contributed by atoms with Gasteiger partial charge in [0.1, 0.15) is 4.90 Å². The molecule has 1 heterocycles. The zero-order chi connectivity index (χ0) is 16.6. The predicted octanol–water partition coefficient (Wildman–Crippen LogP) is 1.92. The average Bonchev–Trinajstić information content (AvgIpc) is 2.78. The molecule has 1 aromatic heterocycles. The normalized spacial score (nSPS) is 12.0. The molecule has 3 N–H and O–H groups in total. The van der Waals surface area contributed by atoms with Gasteiger partial charge in [0.05, 0.1) is 10.5 Å². The van der Waals surface area contributed by atoms with Crippen LogP contribution in [0.4, 0.5) is 0 Å². The molecule has 118 valence electrons. The minimum absolute atomic E-state index is 0.0100. The third-order valence-electron chi connectivity index (χ3n) is 2.36. The predicted molar refractivity (Wildman–Crippen MR) is 76.7 cm³/mol. The Hall–Kier alpha value is -1.33. The molecule has 0 unspecified atom stereocenters. The summed E-state index contributed by atoms with van der Waals surface area (Å²) >= 11 is 5.69. The van der Waals surface area contributed by atoms with Crippen molar-refractivity contribution in [2.75, 3.05) is 0 Å². The second-order valence-corrected chi connectivity index (χ2v) is 6.59. The Bertz CT molecular complexity index is 884. The van der Waals surface area contributed by atoms with Crippen LogP contribution in [0.25, 0.3) is 10.9 Å². The summed E-state index contributed by atoms with van der Waals surface area (Å²) in [6, 6.07) is 1.83. The van der Waals surface area contributed by atoms with Gasteiger partial charge in [-0.15, -0.1) is 0 Å². The largest absolute Gasteiger partial charge is 0.505 e. The van der Waals surface area contributed by atoms with Crippen molar-refractivity contribution in [3.05, 3.63) is 23.4 Å². The molecular formula is C10H12ClNO7S2. The zero-order valence-corrected chi connectivity index (χ0v) is 13.2. The number of hydrogen-bond acceptors (Lipinski definition) is 5. The van der Waals surface area contributed by atoms with Gasteiger partial charge in [-0.3, -0.25) is 9.11 Å². The van der Waals surface area contributed by atoms with Crippen molar-refractivity contribution in [1.29, 1.82) is 0 Å². The van der Waals surface area contributed by atoms with E-state index in [2.05, 4.69) is 0 Å². The highest BCUT2D eigenvalue weighted by Crippen LogP contribution is 2.38. The van der Waals surface area contributed by atoms with E-state index in [1.165, 1.54) is 0 Å². The lowest BCUT2D eigenvalue weighted by Gasteiger charge is -2.06. The van der Waals surface area contributed by atoms with Gasteiger partial charge < -0.3 is 5.11 Å². The summed E-state index contributed by atoms with van der Waals surface area (Å²) in [6.45, 7) is 4.00. The van der Waals surface area contributed by atoms with Gasteiger partial charge in [0, 0.05) is 11.6 Å². The number of phenolic OH excluding ortho intramolecular Hbond substituents is 1. The lowest BCUT2D eigenvalue weighted by Crippen LogP contribution is -2.09. The topological polar surface area (TPSA) is 134 Å². The van der Waals surface area contributed by atoms with E-state index in [9.17, 15) is 21.9 Å². The van der Waals surface area contributed by atoms with Gasteiger partial charge in [-0.2, -0.15) is 16.8 Å². The summed E-state index contributed by atoms with van der Waals surface area (Å²) < 4.78 is 62.4. The maximum absolute atomic E-state index is 11.1. The molecule has 0 saturated carbocycles. The summed E-state index contributed by atoms with van der Waals surface area (Å²) in [6.07, 6.45) is 0.916. The Labute approximate surface area is 126 Å². The Kier molecular flexibility index (Phi) is 4.90. The fourth-order valence-electron chi connectivity index (χ4n) is 1.58. The van der Waals surface area contributed by atoms with Crippen LogP contribution < -0.4 is 0 Å². The van der Waals surface area contributed by atoms with Crippen molar-refractivity contribution in [2.45, 2.75) is 18.7 Å². The van der Waals surface area contributed by atoms with Gasteiger partial charge in [0.15, 0.2) is 5.75 Å². The molecule has 0 amide bonds. The molecule has 2 rings (SSSR count). The minimum Gasteiger partial charge on any atom is -0.505 e. The fraction of sp³-hybridized carbons (Fsp3) is 0.200. The monoisotopic (exact) mass is 357 g/mol. The summed E-state index contributed by atoms with van der Waals surface area (Å²) in [5.74, 6) is -0.912. The van der Waals surface area contributed by atoms with Crippen molar-refractivity contribution in [1.82, 2.24) is 3.97 Å². The first kappa shape index (κ1) is 17.7. The number of aromatic hydroxyl groups is 1. The molecule has 0 spiro atoms. The molecule has 0 aliphatic rings. The van der Waals surface area contributed by atoms with Crippen molar-refractivity contribution >= 4 is 42.9 Å². The van der Waals surface area contributed by atoms with Crippen LogP contribution in [0.15, 0.2) is 23.2 Å². The van der Waals surface area contributed by atoms with Crippen molar-refractivity contribution in [3.8, 4) is 5.75 Å². The van der Waals surface area contributed by atoms with Gasteiger partial charge in [-0.05, 0) is 12.1 Å². The SMILES string of the molecule is CC.O=S(=O)(O)c1cc2c(ccn2S(=O)(=O)O)c(Cl)c1O. The summed E-state index contributed by atoms with van der Waals surface area (Å²) in [5, 5.41) is 9.08. The zero-order valence-electron chi connectivity index (χ0n) is 10.8. The van der Waals surface area contributed by atoms with E-state index in [0.717, 1.165) is 12.3 Å². The molecule has 8 nitrogen and oxygen atoms in total. The third kappa shape index (κ3) is 3.30.